The molecule has 3 aliphatic heterocycles. The molecule has 4 heterocycles. The van der Waals surface area contributed by atoms with Gasteiger partial charge in [-0.2, -0.15) is 0 Å². The van der Waals surface area contributed by atoms with E-state index in [-0.39, 0.29) is 35.8 Å². The molecule has 0 radical (unpaired) electrons. The van der Waals surface area contributed by atoms with Crippen molar-refractivity contribution in [3.8, 4) is 11.1 Å². The summed E-state index contributed by atoms with van der Waals surface area (Å²) in [5.41, 5.74) is 5.78. The van der Waals surface area contributed by atoms with E-state index in [0.29, 0.717) is 17.8 Å². The fourth-order valence-corrected chi connectivity index (χ4v) is 5.75. The van der Waals surface area contributed by atoms with Gasteiger partial charge in [0.25, 0.3) is 11.8 Å². The predicted molar refractivity (Wildman–Crippen MR) is 147 cm³/mol. The smallest absolute Gasteiger partial charge is 0.264 e. The fraction of sp³-hybridized carbons (Fsp3) is 0.267. The van der Waals surface area contributed by atoms with Gasteiger partial charge in [-0.1, -0.05) is 13.0 Å². The fourth-order valence-electron chi connectivity index (χ4n) is 5.75. The van der Waals surface area contributed by atoms with E-state index in [0.717, 1.165) is 33.0 Å². The number of hydrogen-bond acceptors (Lipinski definition) is 7. The zero-order valence-electron chi connectivity index (χ0n) is 22.3. The molecule has 3 aliphatic rings. The number of nitrogens with zero attached hydrogens (tertiary/aromatic N) is 3. The first-order valence-corrected chi connectivity index (χ1v) is 13.1. The van der Waals surface area contributed by atoms with E-state index in [9.17, 15) is 24.0 Å². The van der Waals surface area contributed by atoms with Crippen molar-refractivity contribution in [2.75, 3.05) is 17.3 Å². The van der Waals surface area contributed by atoms with Crippen LogP contribution >= 0.6 is 0 Å². The molecule has 1 aromatic heterocycles. The summed E-state index contributed by atoms with van der Waals surface area (Å²) in [5, 5.41) is 5.59. The summed E-state index contributed by atoms with van der Waals surface area (Å²) in [6.45, 7) is 3.93. The number of benzene rings is 2. The summed E-state index contributed by atoms with van der Waals surface area (Å²) in [6, 6.07) is 11.7. The van der Waals surface area contributed by atoms with Crippen LogP contribution in [0.3, 0.4) is 0 Å². The van der Waals surface area contributed by atoms with E-state index in [2.05, 4.69) is 21.7 Å². The number of piperidine rings is 1. The number of hydrogen-bond donors (Lipinski definition) is 2. The SMILES string of the molecule is Cc1cc(-c2cc3c(cc2Nc2cccc4c2C(=O)N(C2CCC(=O)NC2=O)C4=O)N(C)C(=O)CC3C)ccn1. The first kappa shape index (κ1) is 25.4. The van der Waals surface area contributed by atoms with Crippen LogP contribution in [0, 0.1) is 6.92 Å². The van der Waals surface area contributed by atoms with Crippen molar-refractivity contribution in [3.63, 3.8) is 0 Å². The van der Waals surface area contributed by atoms with Gasteiger partial charge in [0, 0.05) is 48.7 Å². The number of rotatable bonds is 4. The second-order valence-electron chi connectivity index (χ2n) is 10.5. The standard InChI is InChI=1S/C30H27N5O5/c1-15-11-26(37)34(3)24-14-22(20(13-19(15)24)17-9-10-31-16(2)12-17)32-21-6-4-5-18-27(21)30(40)35(29(18)39)23-7-8-25(36)33-28(23)38/h4-6,9-10,12-15,23,32H,7-8,11H2,1-3H3,(H,33,36,38). The molecule has 6 rings (SSSR count). The maximum absolute atomic E-state index is 13.7. The number of aryl methyl sites for hydroxylation is 1. The lowest BCUT2D eigenvalue weighted by Crippen LogP contribution is -2.54. The van der Waals surface area contributed by atoms with Crippen molar-refractivity contribution in [2.24, 2.45) is 0 Å². The molecule has 2 unspecified atom stereocenters. The third-order valence-electron chi connectivity index (χ3n) is 7.86. The number of carbonyl (C=O) groups is 5. The van der Waals surface area contributed by atoms with Crippen molar-refractivity contribution >= 4 is 46.6 Å². The van der Waals surface area contributed by atoms with Crippen LogP contribution in [0.15, 0.2) is 48.7 Å². The van der Waals surface area contributed by atoms with Crippen LogP contribution in [0.2, 0.25) is 0 Å². The molecule has 10 heteroatoms. The second kappa shape index (κ2) is 9.41. The normalized spacial score (nSPS) is 20.4. The van der Waals surface area contributed by atoms with Crippen molar-refractivity contribution in [2.45, 2.75) is 45.1 Å². The highest BCUT2D eigenvalue weighted by Gasteiger charge is 2.45. The van der Waals surface area contributed by atoms with Gasteiger partial charge in [-0.25, -0.2) is 0 Å². The van der Waals surface area contributed by atoms with Gasteiger partial charge in [-0.15, -0.1) is 0 Å². The molecule has 2 N–H and O–H groups in total. The van der Waals surface area contributed by atoms with Crippen LogP contribution in [0.1, 0.15) is 64.1 Å². The van der Waals surface area contributed by atoms with Crippen molar-refractivity contribution < 1.29 is 24.0 Å². The number of nitrogens with one attached hydrogen (secondary N) is 2. The molecule has 0 bridgehead atoms. The van der Waals surface area contributed by atoms with E-state index in [1.54, 1.807) is 36.3 Å². The molecule has 1 fully saturated rings. The third-order valence-corrected chi connectivity index (χ3v) is 7.86. The summed E-state index contributed by atoms with van der Waals surface area (Å²) in [6.07, 6.45) is 2.26. The lowest BCUT2D eigenvalue weighted by atomic mass is 9.87. The third kappa shape index (κ3) is 4.03. The van der Waals surface area contributed by atoms with Crippen LogP contribution in [-0.2, 0) is 14.4 Å². The molecule has 10 nitrogen and oxygen atoms in total. The summed E-state index contributed by atoms with van der Waals surface area (Å²) >= 11 is 0. The molecule has 0 saturated carbocycles. The number of fused-ring (bicyclic) bond motifs is 2. The molecule has 5 amide bonds. The Labute approximate surface area is 230 Å². The van der Waals surface area contributed by atoms with Crippen molar-refractivity contribution in [1.29, 1.82) is 0 Å². The number of carbonyl (C=O) groups excluding carboxylic acids is 5. The first-order valence-electron chi connectivity index (χ1n) is 13.1. The van der Waals surface area contributed by atoms with E-state index < -0.39 is 29.7 Å². The summed E-state index contributed by atoms with van der Waals surface area (Å²) in [4.78, 5) is 70.7. The Kier molecular flexibility index (Phi) is 5.98. The Morgan fingerprint density at radius 3 is 2.52 bits per heavy atom. The lowest BCUT2D eigenvalue weighted by Gasteiger charge is -2.31. The zero-order valence-corrected chi connectivity index (χ0v) is 22.3. The number of anilines is 3. The highest BCUT2D eigenvalue weighted by atomic mass is 16.2. The minimum Gasteiger partial charge on any atom is -0.354 e. The largest absolute Gasteiger partial charge is 0.354 e. The van der Waals surface area contributed by atoms with E-state index >= 15 is 0 Å². The van der Waals surface area contributed by atoms with Gasteiger partial charge in [0.15, 0.2) is 0 Å². The monoisotopic (exact) mass is 537 g/mol. The van der Waals surface area contributed by atoms with Gasteiger partial charge in [0.2, 0.25) is 17.7 Å². The minimum absolute atomic E-state index is 0.0136. The molecular formula is C30H27N5O5. The minimum atomic E-state index is -1.06. The molecule has 3 aromatic rings. The van der Waals surface area contributed by atoms with Gasteiger partial charge in [-0.3, -0.25) is 39.2 Å². The molecule has 2 aromatic carbocycles. The van der Waals surface area contributed by atoms with Gasteiger partial charge in [0.05, 0.1) is 16.8 Å². The van der Waals surface area contributed by atoms with Gasteiger partial charge >= 0.3 is 0 Å². The van der Waals surface area contributed by atoms with Crippen LogP contribution in [0.5, 0.6) is 0 Å². The van der Waals surface area contributed by atoms with E-state index in [1.807, 2.05) is 32.0 Å². The van der Waals surface area contributed by atoms with E-state index in [4.69, 9.17) is 0 Å². The average Bonchev–Trinajstić information content (AvgIpc) is 3.17. The predicted octanol–water partition coefficient (Wildman–Crippen LogP) is 3.67. The number of pyridine rings is 1. The van der Waals surface area contributed by atoms with Gasteiger partial charge < -0.3 is 10.2 Å². The number of aromatic nitrogens is 1. The first-order chi connectivity index (χ1) is 19.1. The summed E-state index contributed by atoms with van der Waals surface area (Å²) in [5.74, 6) is -2.22. The topological polar surface area (TPSA) is 129 Å². The van der Waals surface area contributed by atoms with Crippen LogP contribution in [-0.4, -0.2) is 52.5 Å². The van der Waals surface area contributed by atoms with E-state index in [1.165, 1.54) is 0 Å². The zero-order chi connectivity index (χ0) is 28.3. The highest BCUT2D eigenvalue weighted by molar-refractivity contribution is 6.25. The highest BCUT2D eigenvalue weighted by Crippen LogP contribution is 2.43. The Morgan fingerprint density at radius 2 is 1.77 bits per heavy atom. The molecular weight excluding hydrogens is 510 g/mol. The molecule has 202 valence electrons. The van der Waals surface area contributed by atoms with Gasteiger partial charge in [-0.05, 0) is 66.8 Å². The Bertz CT molecular complexity index is 1650. The number of imide groups is 2. The maximum Gasteiger partial charge on any atom is 0.264 e. The average molecular weight is 538 g/mol. The molecule has 0 aliphatic carbocycles. The maximum atomic E-state index is 13.7. The Balaban J connectivity index is 1.45. The lowest BCUT2D eigenvalue weighted by molar-refractivity contribution is -0.136. The van der Waals surface area contributed by atoms with Crippen LogP contribution in [0.25, 0.3) is 11.1 Å². The molecule has 1 saturated heterocycles. The number of amides is 5. The molecule has 2 atom stereocenters. The molecule has 0 spiro atoms. The second-order valence-corrected chi connectivity index (χ2v) is 10.5. The Morgan fingerprint density at radius 1 is 0.975 bits per heavy atom. The van der Waals surface area contributed by atoms with Crippen molar-refractivity contribution in [1.82, 2.24) is 15.2 Å². The quantitative estimate of drug-likeness (QED) is 0.486. The van der Waals surface area contributed by atoms with Crippen LogP contribution < -0.4 is 15.5 Å². The van der Waals surface area contributed by atoms with Gasteiger partial charge in [0.1, 0.15) is 6.04 Å². The molecule has 40 heavy (non-hydrogen) atoms. The summed E-state index contributed by atoms with van der Waals surface area (Å²) in [7, 11) is 1.74. The van der Waals surface area contributed by atoms with Crippen molar-refractivity contribution in [3.05, 3.63) is 71.0 Å². The Hall–Kier alpha value is -4.86. The van der Waals surface area contributed by atoms with Crippen LogP contribution in [0.4, 0.5) is 17.1 Å². The summed E-state index contributed by atoms with van der Waals surface area (Å²) < 4.78 is 0.